The number of rotatable bonds is 4. The highest BCUT2D eigenvalue weighted by Gasteiger charge is 2.22. The van der Waals surface area contributed by atoms with Crippen LogP contribution in [0, 0.1) is 6.92 Å². The molecule has 1 aliphatic heterocycles. The lowest BCUT2D eigenvalue weighted by molar-refractivity contribution is -0.144. The monoisotopic (exact) mass is 291 g/mol. The molecule has 0 unspecified atom stereocenters. The summed E-state index contributed by atoms with van der Waals surface area (Å²) in [6, 6.07) is 1.99. The van der Waals surface area contributed by atoms with Gasteiger partial charge in [-0.3, -0.25) is 0 Å². The Kier molecular flexibility index (Phi) is 3.70. The number of piperidine rings is 1. The van der Waals surface area contributed by atoms with Crippen molar-refractivity contribution in [1.29, 1.82) is 0 Å². The molecule has 1 aliphatic rings. The maximum Gasteiger partial charge on any atom is 0.329 e. The zero-order chi connectivity index (χ0) is 14.8. The van der Waals surface area contributed by atoms with E-state index in [2.05, 4.69) is 20.0 Å². The first-order chi connectivity index (χ1) is 10.1. The van der Waals surface area contributed by atoms with Crippen molar-refractivity contribution in [2.24, 2.45) is 0 Å². The van der Waals surface area contributed by atoms with Crippen molar-refractivity contribution in [3.05, 3.63) is 18.1 Å². The van der Waals surface area contributed by atoms with Gasteiger partial charge in [-0.25, -0.2) is 9.78 Å². The van der Waals surface area contributed by atoms with E-state index in [0.29, 0.717) is 5.78 Å². The Bertz CT molecular complexity index is 648. The van der Waals surface area contributed by atoms with Gasteiger partial charge in [0.2, 0.25) is 0 Å². The Morgan fingerprint density at radius 2 is 2.24 bits per heavy atom. The molecule has 1 fully saturated rings. The lowest BCUT2D eigenvalue weighted by Gasteiger charge is -2.33. The van der Waals surface area contributed by atoms with Gasteiger partial charge in [0, 0.05) is 24.8 Å². The molecule has 0 bridgehead atoms. The van der Waals surface area contributed by atoms with Gasteiger partial charge in [0.25, 0.3) is 5.78 Å². The quantitative estimate of drug-likeness (QED) is 0.876. The highest BCUT2D eigenvalue weighted by molar-refractivity contribution is 5.68. The van der Waals surface area contributed by atoms with Crippen molar-refractivity contribution >= 4 is 17.6 Å². The van der Waals surface area contributed by atoms with Crippen LogP contribution in [0.15, 0.2) is 12.4 Å². The summed E-state index contributed by atoms with van der Waals surface area (Å²) >= 11 is 0. The van der Waals surface area contributed by atoms with Crippen molar-refractivity contribution in [2.75, 3.05) is 24.6 Å². The standard InChI is InChI=1S/C13H17N5O3/c1-9-6-11(18-13(16-9)14-8-15-18)17-4-2-10(3-5-17)21-7-12(19)20/h6,8,10H,2-5,7H2,1H3,(H,19,20). The van der Waals surface area contributed by atoms with Crippen LogP contribution in [0.25, 0.3) is 5.78 Å². The third-order valence-electron chi connectivity index (χ3n) is 3.57. The Labute approximate surface area is 121 Å². The lowest BCUT2D eigenvalue weighted by atomic mass is 10.1. The van der Waals surface area contributed by atoms with Crippen LogP contribution in [0.2, 0.25) is 0 Å². The summed E-state index contributed by atoms with van der Waals surface area (Å²) in [5.74, 6) is 0.632. The Hall–Kier alpha value is -2.22. The van der Waals surface area contributed by atoms with E-state index in [-0.39, 0.29) is 12.7 Å². The van der Waals surface area contributed by atoms with Crippen molar-refractivity contribution in [3.8, 4) is 0 Å². The van der Waals surface area contributed by atoms with Gasteiger partial charge in [0.05, 0.1) is 6.10 Å². The van der Waals surface area contributed by atoms with Crippen LogP contribution in [0.3, 0.4) is 0 Å². The fourth-order valence-corrected chi connectivity index (χ4v) is 2.58. The molecule has 1 N–H and O–H groups in total. The molecule has 112 valence electrons. The largest absolute Gasteiger partial charge is 0.480 e. The smallest absolute Gasteiger partial charge is 0.329 e. The van der Waals surface area contributed by atoms with E-state index in [4.69, 9.17) is 9.84 Å². The van der Waals surface area contributed by atoms with E-state index in [0.717, 1.165) is 37.4 Å². The van der Waals surface area contributed by atoms with Crippen molar-refractivity contribution in [2.45, 2.75) is 25.9 Å². The first kappa shape index (κ1) is 13.7. The molecular weight excluding hydrogens is 274 g/mol. The molecule has 3 rings (SSSR count). The van der Waals surface area contributed by atoms with Gasteiger partial charge < -0.3 is 14.7 Å². The van der Waals surface area contributed by atoms with Crippen LogP contribution in [-0.4, -0.2) is 56.5 Å². The van der Waals surface area contributed by atoms with E-state index >= 15 is 0 Å². The average Bonchev–Trinajstić information content (AvgIpc) is 2.93. The highest BCUT2D eigenvalue weighted by Crippen LogP contribution is 2.22. The maximum atomic E-state index is 10.5. The summed E-state index contributed by atoms with van der Waals surface area (Å²) in [5.41, 5.74) is 0.898. The van der Waals surface area contributed by atoms with E-state index < -0.39 is 5.97 Å². The number of carbonyl (C=O) groups is 1. The van der Waals surface area contributed by atoms with Gasteiger partial charge in [-0.1, -0.05) is 0 Å². The molecule has 8 nitrogen and oxygen atoms in total. The molecular formula is C13H17N5O3. The molecule has 0 saturated carbocycles. The molecule has 0 atom stereocenters. The predicted molar refractivity (Wildman–Crippen MR) is 74.3 cm³/mol. The topological polar surface area (TPSA) is 92.8 Å². The number of carboxylic acid groups (broad SMARTS) is 1. The zero-order valence-corrected chi connectivity index (χ0v) is 11.8. The second-order valence-electron chi connectivity index (χ2n) is 5.12. The van der Waals surface area contributed by atoms with Crippen LogP contribution < -0.4 is 4.90 Å². The number of aromatic nitrogens is 4. The fourth-order valence-electron chi connectivity index (χ4n) is 2.58. The highest BCUT2D eigenvalue weighted by atomic mass is 16.5. The molecule has 3 heterocycles. The lowest BCUT2D eigenvalue weighted by Crippen LogP contribution is -2.38. The van der Waals surface area contributed by atoms with E-state index in [1.807, 2.05) is 13.0 Å². The maximum absolute atomic E-state index is 10.5. The first-order valence-corrected chi connectivity index (χ1v) is 6.89. The van der Waals surface area contributed by atoms with Gasteiger partial charge in [-0.2, -0.15) is 14.6 Å². The van der Waals surface area contributed by atoms with Gasteiger partial charge >= 0.3 is 5.97 Å². The van der Waals surface area contributed by atoms with Crippen LogP contribution >= 0.6 is 0 Å². The molecule has 1 saturated heterocycles. The third kappa shape index (κ3) is 2.94. The first-order valence-electron chi connectivity index (χ1n) is 6.89. The van der Waals surface area contributed by atoms with E-state index in [1.165, 1.54) is 6.33 Å². The summed E-state index contributed by atoms with van der Waals surface area (Å²) in [6.45, 7) is 3.29. The second-order valence-corrected chi connectivity index (χ2v) is 5.12. The summed E-state index contributed by atoms with van der Waals surface area (Å²) in [5, 5.41) is 12.8. The minimum atomic E-state index is -0.925. The second kappa shape index (κ2) is 5.65. The number of nitrogens with zero attached hydrogens (tertiary/aromatic N) is 5. The Morgan fingerprint density at radius 3 is 2.95 bits per heavy atom. The van der Waals surface area contributed by atoms with Crippen LogP contribution in [0.5, 0.6) is 0 Å². The molecule has 8 heteroatoms. The molecule has 2 aromatic heterocycles. The predicted octanol–water partition coefficient (Wildman–Crippen LogP) is 0.503. The summed E-state index contributed by atoms with van der Waals surface area (Å²) in [7, 11) is 0. The number of aliphatic carboxylic acids is 1. The number of hydrogen-bond acceptors (Lipinski definition) is 6. The normalized spacial score (nSPS) is 16.5. The zero-order valence-electron chi connectivity index (χ0n) is 11.8. The van der Waals surface area contributed by atoms with Crippen molar-refractivity contribution in [3.63, 3.8) is 0 Å². The molecule has 2 aromatic rings. The van der Waals surface area contributed by atoms with Crippen LogP contribution in [0.1, 0.15) is 18.5 Å². The van der Waals surface area contributed by atoms with E-state index in [9.17, 15) is 4.79 Å². The number of fused-ring (bicyclic) bond motifs is 1. The molecule has 0 spiro atoms. The van der Waals surface area contributed by atoms with Crippen molar-refractivity contribution < 1.29 is 14.6 Å². The SMILES string of the molecule is Cc1cc(N2CCC(OCC(=O)O)CC2)n2ncnc2n1. The molecule has 0 aromatic carbocycles. The van der Waals surface area contributed by atoms with Crippen molar-refractivity contribution in [1.82, 2.24) is 19.6 Å². The Morgan fingerprint density at radius 1 is 1.48 bits per heavy atom. The fraction of sp³-hybridized carbons (Fsp3) is 0.538. The molecule has 0 radical (unpaired) electrons. The number of anilines is 1. The summed E-state index contributed by atoms with van der Waals surface area (Å²) < 4.78 is 7.08. The number of carboxylic acids is 1. The van der Waals surface area contributed by atoms with Crippen LogP contribution in [-0.2, 0) is 9.53 Å². The number of hydrogen-bond donors (Lipinski definition) is 1. The Balaban J connectivity index is 1.71. The van der Waals surface area contributed by atoms with Crippen LogP contribution in [0.4, 0.5) is 5.82 Å². The average molecular weight is 291 g/mol. The summed E-state index contributed by atoms with van der Waals surface area (Å²) in [6.07, 6.45) is 3.09. The number of aryl methyl sites for hydroxylation is 1. The minimum Gasteiger partial charge on any atom is -0.480 e. The minimum absolute atomic E-state index is 0.00604. The van der Waals surface area contributed by atoms with Gasteiger partial charge in [-0.15, -0.1) is 0 Å². The third-order valence-corrected chi connectivity index (χ3v) is 3.57. The van der Waals surface area contributed by atoms with Gasteiger partial charge in [0.1, 0.15) is 18.8 Å². The number of ether oxygens (including phenoxy) is 1. The summed E-state index contributed by atoms with van der Waals surface area (Å²) in [4.78, 5) is 21.2. The molecule has 21 heavy (non-hydrogen) atoms. The van der Waals surface area contributed by atoms with Gasteiger partial charge in [0.15, 0.2) is 0 Å². The van der Waals surface area contributed by atoms with Gasteiger partial charge in [-0.05, 0) is 19.8 Å². The van der Waals surface area contributed by atoms with E-state index in [1.54, 1.807) is 4.52 Å². The molecule has 0 amide bonds. The molecule has 0 aliphatic carbocycles.